The summed E-state index contributed by atoms with van der Waals surface area (Å²) >= 11 is 0. The number of rotatable bonds is 5. The predicted molar refractivity (Wildman–Crippen MR) is 91.7 cm³/mol. The summed E-state index contributed by atoms with van der Waals surface area (Å²) in [6.45, 7) is 11.7. The molecule has 0 saturated heterocycles. The van der Waals surface area contributed by atoms with Crippen LogP contribution in [0.2, 0.25) is 12.6 Å². The first-order chi connectivity index (χ1) is 9.50. The van der Waals surface area contributed by atoms with Gasteiger partial charge in [0.25, 0.3) is 0 Å². The molecule has 0 fully saturated rings. The predicted octanol–water partition coefficient (Wildman–Crippen LogP) is -3.96. The Bertz CT molecular complexity index is 543. The molecule has 1 aliphatic rings. The monoisotopic (exact) mass is 436 g/mol. The van der Waals surface area contributed by atoms with Crippen LogP contribution in [-0.4, -0.2) is 8.07 Å². The zero-order valence-electron chi connectivity index (χ0n) is 15.2. The summed E-state index contributed by atoms with van der Waals surface area (Å²) in [5.74, 6) is 0.503. The number of hydrogen-bond donors (Lipinski definition) is 0. The maximum absolute atomic E-state index is 3.65. The standard InChI is InChI=1S/C19H27Si.3ClH.Ti/c1-6-7-13-20(5,18-11-9-8-10-12-18)19-16(3)14-15(2)17(19)4;;;;/h8-12,16H,6-7,13H2,1-5H3;3*1H;/q-1;;;;+4/p-3. The Morgan fingerprint density at radius 3 is 2.00 bits per heavy atom. The topological polar surface area (TPSA) is 0 Å². The van der Waals surface area contributed by atoms with E-state index in [9.17, 15) is 0 Å². The van der Waals surface area contributed by atoms with Gasteiger partial charge in [-0.05, 0) is 0 Å². The molecule has 0 heterocycles. The fourth-order valence-corrected chi connectivity index (χ4v) is 8.60. The minimum Gasteiger partial charge on any atom is -1.00 e. The molecule has 1 aromatic carbocycles. The van der Waals surface area contributed by atoms with Crippen LogP contribution >= 0.6 is 0 Å². The Hall–Kier alpha value is 0.501. The molecular weight excluding hydrogens is 411 g/mol. The first-order valence-electron chi connectivity index (χ1n) is 7.88. The van der Waals surface area contributed by atoms with Crippen molar-refractivity contribution in [2.75, 3.05) is 0 Å². The third kappa shape index (κ3) is 6.04. The van der Waals surface area contributed by atoms with E-state index >= 15 is 0 Å². The summed E-state index contributed by atoms with van der Waals surface area (Å²) < 4.78 is 0. The van der Waals surface area contributed by atoms with E-state index in [4.69, 9.17) is 0 Å². The Morgan fingerprint density at radius 2 is 1.58 bits per heavy atom. The van der Waals surface area contributed by atoms with Gasteiger partial charge in [-0.3, -0.25) is 6.08 Å². The molecule has 0 radical (unpaired) electrons. The van der Waals surface area contributed by atoms with Gasteiger partial charge < -0.3 is 37.2 Å². The van der Waals surface area contributed by atoms with Gasteiger partial charge in [-0.15, -0.1) is 6.92 Å². The van der Waals surface area contributed by atoms with Crippen molar-refractivity contribution in [2.45, 2.75) is 53.1 Å². The number of unbranched alkanes of at least 4 members (excludes halogenated alkanes) is 1. The molecule has 2 atom stereocenters. The molecule has 0 aromatic heterocycles. The molecule has 0 spiro atoms. The summed E-state index contributed by atoms with van der Waals surface area (Å²) in [5, 5.41) is 3.31. The fraction of sp³-hybridized carbons (Fsp3) is 0.474. The van der Waals surface area contributed by atoms with Crippen LogP contribution in [0.1, 0.15) is 40.5 Å². The van der Waals surface area contributed by atoms with Crippen LogP contribution in [0, 0.1) is 12.0 Å². The second-order valence-electron chi connectivity index (χ2n) is 6.33. The Labute approximate surface area is 183 Å². The second-order valence-corrected chi connectivity index (χ2v) is 10.6. The minimum absolute atomic E-state index is 0. The van der Waals surface area contributed by atoms with Gasteiger partial charge in [-0.25, -0.2) is 11.1 Å². The molecule has 24 heavy (non-hydrogen) atoms. The Balaban J connectivity index is -0.00000110. The molecule has 1 aliphatic carbocycles. The van der Waals surface area contributed by atoms with Gasteiger partial charge in [0.05, 0.1) is 8.07 Å². The van der Waals surface area contributed by atoms with Gasteiger partial charge in [-0.2, -0.15) is 5.20 Å². The van der Waals surface area contributed by atoms with E-state index in [0.29, 0.717) is 5.92 Å². The van der Waals surface area contributed by atoms with E-state index in [-0.39, 0.29) is 58.9 Å². The first-order valence-corrected chi connectivity index (χ1v) is 10.6. The van der Waals surface area contributed by atoms with Crippen LogP contribution in [0.15, 0.2) is 46.7 Å². The van der Waals surface area contributed by atoms with Gasteiger partial charge in [0.1, 0.15) is 0 Å². The fourth-order valence-electron chi connectivity index (χ4n) is 3.69. The summed E-state index contributed by atoms with van der Waals surface area (Å²) in [6.07, 6.45) is 6.26. The summed E-state index contributed by atoms with van der Waals surface area (Å²) in [4.78, 5) is 0. The van der Waals surface area contributed by atoms with Crippen LogP contribution in [0.5, 0.6) is 0 Å². The third-order valence-corrected chi connectivity index (χ3v) is 9.83. The van der Waals surface area contributed by atoms with E-state index in [1.54, 1.807) is 10.4 Å². The molecule has 0 aliphatic heterocycles. The summed E-state index contributed by atoms with van der Waals surface area (Å²) in [7, 11) is -1.59. The van der Waals surface area contributed by atoms with Crippen molar-refractivity contribution < 1.29 is 58.9 Å². The molecule has 132 valence electrons. The average Bonchev–Trinajstić information content (AvgIpc) is 2.71. The van der Waals surface area contributed by atoms with Crippen molar-refractivity contribution in [1.82, 2.24) is 0 Å². The third-order valence-electron chi connectivity index (χ3n) is 4.87. The average molecular weight is 438 g/mol. The summed E-state index contributed by atoms with van der Waals surface area (Å²) in [5.41, 5.74) is 2.89. The molecule has 0 bridgehead atoms. The maximum Gasteiger partial charge on any atom is 4.00 e. The largest absolute Gasteiger partial charge is 4.00 e. The van der Waals surface area contributed by atoms with Gasteiger partial charge in [0.15, 0.2) is 0 Å². The van der Waals surface area contributed by atoms with Gasteiger partial charge in [0.2, 0.25) is 0 Å². The molecule has 0 saturated carbocycles. The zero-order valence-corrected chi connectivity index (χ0v) is 20.0. The van der Waals surface area contributed by atoms with Crippen LogP contribution in [0.4, 0.5) is 0 Å². The molecule has 2 unspecified atom stereocenters. The van der Waals surface area contributed by atoms with Crippen molar-refractivity contribution >= 4 is 13.3 Å². The van der Waals surface area contributed by atoms with Gasteiger partial charge >= 0.3 is 21.7 Å². The van der Waals surface area contributed by atoms with E-state index in [1.807, 2.05) is 0 Å². The number of hydrogen-bond acceptors (Lipinski definition) is 0. The van der Waals surface area contributed by atoms with Crippen molar-refractivity contribution in [2.24, 2.45) is 5.92 Å². The summed E-state index contributed by atoms with van der Waals surface area (Å²) in [6, 6.07) is 12.6. The molecule has 0 N–H and O–H groups in total. The molecule has 0 nitrogen and oxygen atoms in total. The quantitative estimate of drug-likeness (QED) is 0.326. The number of benzene rings is 1. The molecule has 0 amide bonds. The van der Waals surface area contributed by atoms with Crippen LogP contribution < -0.4 is 42.4 Å². The van der Waals surface area contributed by atoms with Crippen molar-refractivity contribution in [3.05, 3.63) is 52.8 Å². The molecule has 2 rings (SSSR count). The van der Waals surface area contributed by atoms with Crippen LogP contribution in [0.3, 0.4) is 0 Å². The van der Waals surface area contributed by atoms with Gasteiger partial charge in [-0.1, -0.05) is 87.6 Å². The molecular formula is C19H27Cl3SiTi. The first kappa shape index (κ1) is 29.3. The minimum atomic E-state index is -1.59. The Morgan fingerprint density at radius 1 is 1.04 bits per heavy atom. The molecule has 5 heteroatoms. The van der Waals surface area contributed by atoms with Crippen LogP contribution in [-0.2, 0) is 21.7 Å². The van der Waals surface area contributed by atoms with E-state index in [1.165, 1.54) is 30.0 Å². The normalized spacial score (nSPS) is 18.2. The SMILES string of the molecule is CCCC[Si](C)(C1=C(C)C(C)=[C-]C1C)c1ccccc1.[Cl-].[Cl-].[Cl-].[Ti+4]. The van der Waals surface area contributed by atoms with E-state index < -0.39 is 8.07 Å². The van der Waals surface area contributed by atoms with Gasteiger partial charge in [0, 0.05) is 0 Å². The van der Waals surface area contributed by atoms with E-state index in [0.717, 1.165) is 0 Å². The van der Waals surface area contributed by atoms with Crippen molar-refractivity contribution in [1.29, 1.82) is 0 Å². The smallest absolute Gasteiger partial charge is 1.00 e. The molecule has 1 aromatic rings. The number of halogens is 3. The zero-order chi connectivity index (χ0) is 14.8. The van der Waals surface area contributed by atoms with Crippen LogP contribution in [0.25, 0.3) is 0 Å². The second kappa shape index (κ2) is 12.8. The number of allylic oxidation sites excluding steroid dienone is 4. The van der Waals surface area contributed by atoms with Crippen molar-refractivity contribution in [3.63, 3.8) is 0 Å². The van der Waals surface area contributed by atoms with Crippen molar-refractivity contribution in [3.8, 4) is 0 Å². The Kier molecular flexibility index (Phi) is 15.6. The van der Waals surface area contributed by atoms with E-state index in [2.05, 4.69) is 70.6 Å². The maximum atomic E-state index is 3.65.